The van der Waals surface area contributed by atoms with Crippen molar-refractivity contribution >= 4 is 34.8 Å². The fourth-order valence-corrected chi connectivity index (χ4v) is 2.46. The van der Waals surface area contributed by atoms with Gasteiger partial charge in [0.2, 0.25) is 0 Å². The molecule has 2 unspecified atom stereocenters. The van der Waals surface area contributed by atoms with Crippen LogP contribution in [0.2, 0.25) is 10.0 Å². The van der Waals surface area contributed by atoms with Gasteiger partial charge < -0.3 is 0 Å². The van der Waals surface area contributed by atoms with Crippen LogP contribution in [-0.4, -0.2) is 11.6 Å². The van der Waals surface area contributed by atoms with Crippen LogP contribution in [0.25, 0.3) is 0 Å². The third-order valence-corrected chi connectivity index (χ3v) is 4.34. The molecule has 2 aromatic carbocycles. The van der Waals surface area contributed by atoms with Crippen LogP contribution in [0.3, 0.4) is 0 Å². The van der Waals surface area contributed by atoms with Crippen LogP contribution in [0, 0.1) is 11.8 Å². The van der Waals surface area contributed by atoms with Crippen LogP contribution >= 0.6 is 23.2 Å². The normalized spacial score (nSPS) is 13.5. The summed E-state index contributed by atoms with van der Waals surface area (Å²) >= 11 is 11.7. The van der Waals surface area contributed by atoms with Gasteiger partial charge >= 0.3 is 0 Å². The van der Waals surface area contributed by atoms with Gasteiger partial charge in [0.1, 0.15) is 0 Å². The second-order valence-corrected chi connectivity index (χ2v) is 6.19. The predicted octanol–water partition coefficient (Wildman–Crippen LogP) is 5.33. The molecule has 2 atom stereocenters. The van der Waals surface area contributed by atoms with E-state index in [9.17, 15) is 9.59 Å². The lowest BCUT2D eigenvalue weighted by Crippen LogP contribution is -2.25. The Morgan fingerprint density at radius 1 is 0.682 bits per heavy atom. The van der Waals surface area contributed by atoms with E-state index in [2.05, 4.69) is 0 Å². The molecule has 0 aliphatic heterocycles. The summed E-state index contributed by atoms with van der Waals surface area (Å²) in [7, 11) is 0. The predicted molar refractivity (Wildman–Crippen MR) is 89.9 cm³/mol. The van der Waals surface area contributed by atoms with Gasteiger partial charge in [-0.1, -0.05) is 37.0 Å². The maximum atomic E-state index is 12.5. The van der Waals surface area contributed by atoms with E-state index in [-0.39, 0.29) is 11.6 Å². The fraction of sp³-hybridized carbons (Fsp3) is 0.222. The highest BCUT2D eigenvalue weighted by molar-refractivity contribution is 6.31. The molecule has 0 aromatic heterocycles. The van der Waals surface area contributed by atoms with Crippen molar-refractivity contribution in [3.05, 3.63) is 69.7 Å². The SMILES string of the molecule is CC(C(=O)c1ccc(Cl)cc1)C(C)C(=O)c1ccc(Cl)cc1. The van der Waals surface area contributed by atoms with Crippen LogP contribution in [-0.2, 0) is 0 Å². The molecule has 0 bridgehead atoms. The molecule has 114 valence electrons. The van der Waals surface area contributed by atoms with E-state index in [1.807, 2.05) is 0 Å². The monoisotopic (exact) mass is 334 g/mol. The van der Waals surface area contributed by atoms with Gasteiger partial charge in [-0.25, -0.2) is 0 Å². The second kappa shape index (κ2) is 7.08. The summed E-state index contributed by atoms with van der Waals surface area (Å²) in [6.07, 6.45) is 0. The number of rotatable bonds is 5. The number of ketones is 2. The van der Waals surface area contributed by atoms with Gasteiger partial charge in [0.25, 0.3) is 0 Å². The number of benzene rings is 2. The molecule has 0 saturated heterocycles. The van der Waals surface area contributed by atoms with Gasteiger partial charge in [-0.05, 0) is 48.5 Å². The second-order valence-electron chi connectivity index (χ2n) is 5.32. The standard InChI is InChI=1S/C18H16Cl2O2/c1-11(17(21)13-3-7-15(19)8-4-13)12(2)18(22)14-5-9-16(20)10-6-14/h3-12H,1-2H3. The summed E-state index contributed by atoms with van der Waals surface area (Å²) in [5.41, 5.74) is 1.13. The first kappa shape index (κ1) is 16.7. The lowest BCUT2D eigenvalue weighted by atomic mass is 9.83. The van der Waals surface area contributed by atoms with Gasteiger partial charge in [0, 0.05) is 33.0 Å². The van der Waals surface area contributed by atoms with Crippen molar-refractivity contribution in [3.8, 4) is 0 Å². The average molecular weight is 335 g/mol. The van der Waals surface area contributed by atoms with Crippen LogP contribution in [0.5, 0.6) is 0 Å². The van der Waals surface area contributed by atoms with Gasteiger partial charge in [-0.2, -0.15) is 0 Å². The van der Waals surface area contributed by atoms with Crippen molar-refractivity contribution in [3.63, 3.8) is 0 Å². The molecule has 0 radical (unpaired) electrons. The molecule has 4 heteroatoms. The molecule has 0 aliphatic rings. The Kier molecular flexibility index (Phi) is 5.38. The zero-order chi connectivity index (χ0) is 16.3. The van der Waals surface area contributed by atoms with E-state index in [0.29, 0.717) is 21.2 Å². The number of carbonyl (C=O) groups is 2. The summed E-state index contributed by atoms with van der Waals surface area (Å²) in [6, 6.07) is 13.4. The molecule has 0 spiro atoms. The van der Waals surface area contributed by atoms with E-state index in [4.69, 9.17) is 23.2 Å². The van der Waals surface area contributed by atoms with E-state index in [1.165, 1.54) is 0 Å². The maximum Gasteiger partial charge on any atom is 0.166 e. The van der Waals surface area contributed by atoms with Gasteiger partial charge in [0.15, 0.2) is 11.6 Å². The molecule has 0 saturated carbocycles. The fourth-order valence-electron chi connectivity index (χ4n) is 2.21. The Hall–Kier alpha value is -1.64. The molecule has 2 nitrogen and oxygen atoms in total. The first-order chi connectivity index (χ1) is 10.4. The first-order valence-electron chi connectivity index (χ1n) is 6.99. The van der Waals surface area contributed by atoms with E-state index in [1.54, 1.807) is 62.4 Å². The van der Waals surface area contributed by atoms with Crippen molar-refractivity contribution in [2.45, 2.75) is 13.8 Å². The van der Waals surface area contributed by atoms with Gasteiger partial charge in [-0.3, -0.25) is 9.59 Å². The Bertz CT molecular complexity index is 614. The molecule has 0 amide bonds. The van der Waals surface area contributed by atoms with Crippen molar-refractivity contribution in [2.24, 2.45) is 11.8 Å². The zero-order valence-electron chi connectivity index (χ0n) is 12.3. The molecule has 0 aliphatic carbocycles. The first-order valence-corrected chi connectivity index (χ1v) is 7.75. The van der Waals surface area contributed by atoms with Crippen LogP contribution < -0.4 is 0 Å². The molecular weight excluding hydrogens is 319 g/mol. The van der Waals surface area contributed by atoms with Gasteiger partial charge in [-0.15, -0.1) is 0 Å². The average Bonchev–Trinajstić information content (AvgIpc) is 2.53. The summed E-state index contributed by atoms with van der Waals surface area (Å²) in [6.45, 7) is 3.55. The third-order valence-electron chi connectivity index (χ3n) is 3.83. The van der Waals surface area contributed by atoms with E-state index >= 15 is 0 Å². The number of hydrogen-bond donors (Lipinski definition) is 0. The lowest BCUT2D eigenvalue weighted by molar-refractivity contribution is 0.0794. The molecule has 0 fully saturated rings. The maximum absolute atomic E-state index is 12.5. The summed E-state index contributed by atoms with van der Waals surface area (Å²) < 4.78 is 0. The van der Waals surface area contributed by atoms with Gasteiger partial charge in [0.05, 0.1) is 0 Å². The van der Waals surface area contributed by atoms with Crippen LogP contribution in [0.15, 0.2) is 48.5 Å². The Morgan fingerprint density at radius 2 is 0.955 bits per heavy atom. The molecular formula is C18H16Cl2O2. The molecule has 2 aromatic rings. The zero-order valence-corrected chi connectivity index (χ0v) is 13.9. The molecule has 0 N–H and O–H groups in total. The summed E-state index contributed by atoms with van der Waals surface area (Å²) in [5.74, 6) is -0.952. The highest BCUT2D eigenvalue weighted by atomic mass is 35.5. The van der Waals surface area contributed by atoms with Crippen LogP contribution in [0.4, 0.5) is 0 Å². The van der Waals surface area contributed by atoms with Crippen molar-refractivity contribution in [2.75, 3.05) is 0 Å². The number of hydrogen-bond acceptors (Lipinski definition) is 2. The number of halogens is 2. The smallest absolute Gasteiger partial charge is 0.166 e. The quantitative estimate of drug-likeness (QED) is 0.692. The topological polar surface area (TPSA) is 34.1 Å². The van der Waals surface area contributed by atoms with Crippen molar-refractivity contribution in [1.29, 1.82) is 0 Å². The minimum absolute atomic E-state index is 0.0634. The van der Waals surface area contributed by atoms with Crippen molar-refractivity contribution < 1.29 is 9.59 Å². The molecule has 0 heterocycles. The minimum atomic E-state index is -0.413. The van der Waals surface area contributed by atoms with E-state index in [0.717, 1.165) is 0 Å². The van der Waals surface area contributed by atoms with Crippen molar-refractivity contribution in [1.82, 2.24) is 0 Å². The summed E-state index contributed by atoms with van der Waals surface area (Å²) in [4.78, 5) is 24.9. The Balaban J connectivity index is 2.15. The minimum Gasteiger partial charge on any atom is -0.294 e. The van der Waals surface area contributed by atoms with E-state index < -0.39 is 11.8 Å². The molecule has 2 rings (SSSR count). The largest absolute Gasteiger partial charge is 0.294 e. The number of Topliss-reactive ketones (excluding diaryl/α,β-unsaturated/α-hetero) is 2. The molecule has 22 heavy (non-hydrogen) atoms. The summed E-state index contributed by atoms with van der Waals surface area (Å²) in [5, 5.41) is 1.16. The Labute approximate surface area is 140 Å². The third kappa shape index (κ3) is 3.76. The van der Waals surface area contributed by atoms with Crippen LogP contribution in [0.1, 0.15) is 34.6 Å². The lowest BCUT2D eigenvalue weighted by Gasteiger charge is -2.18. The highest BCUT2D eigenvalue weighted by Crippen LogP contribution is 2.23. The number of carbonyl (C=O) groups excluding carboxylic acids is 2. The Morgan fingerprint density at radius 3 is 1.23 bits per heavy atom. The highest BCUT2D eigenvalue weighted by Gasteiger charge is 2.27.